The third-order valence-corrected chi connectivity index (χ3v) is 11.0. The molecule has 0 radical (unpaired) electrons. The van der Waals surface area contributed by atoms with Gasteiger partial charge in [-0.25, -0.2) is 0 Å². The van der Waals surface area contributed by atoms with Crippen LogP contribution in [0.4, 0.5) is 0 Å². The van der Waals surface area contributed by atoms with Gasteiger partial charge in [0.05, 0.1) is 6.16 Å². The first-order valence-corrected chi connectivity index (χ1v) is 13.8. The van der Waals surface area contributed by atoms with Gasteiger partial charge in [0.15, 0.2) is 0 Å². The lowest BCUT2D eigenvalue weighted by Crippen LogP contribution is -2.46. The highest BCUT2D eigenvalue weighted by molar-refractivity contribution is 7.95. The largest absolute Gasteiger partial charge is 0.340 e. The normalized spacial score (nSPS) is 14.3. The molecule has 1 amide bonds. The Bertz CT molecular complexity index is 860. The number of nitrogens with zero attached hydrogens (tertiary/aromatic N) is 1. The van der Waals surface area contributed by atoms with Crippen molar-refractivity contribution >= 4 is 29.1 Å². The van der Waals surface area contributed by atoms with Crippen molar-refractivity contribution in [1.82, 2.24) is 10.2 Å². The van der Waals surface area contributed by atoms with E-state index < -0.39 is 7.26 Å². The van der Waals surface area contributed by atoms with Gasteiger partial charge in [0.25, 0.3) is 0 Å². The molecule has 3 nitrogen and oxygen atoms in total. The number of hydrogen-bond donors (Lipinski definition) is 1. The molecule has 0 unspecified atom stereocenters. The summed E-state index contributed by atoms with van der Waals surface area (Å²) in [5.41, 5.74) is 0. The maximum absolute atomic E-state index is 12.5. The molecule has 0 saturated carbocycles. The lowest BCUT2D eigenvalue weighted by atomic mass is 10.2. The zero-order valence-electron chi connectivity index (χ0n) is 18.8. The minimum atomic E-state index is -1.75. The summed E-state index contributed by atoms with van der Waals surface area (Å²) >= 11 is 0. The summed E-state index contributed by atoms with van der Waals surface area (Å²) in [6.07, 6.45) is 4.99. The van der Waals surface area contributed by atoms with Gasteiger partial charge in [-0.05, 0) is 55.7 Å². The van der Waals surface area contributed by atoms with Crippen molar-refractivity contribution in [2.75, 3.05) is 32.3 Å². The van der Waals surface area contributed by atoms with Crippen molar-refractivity contribution in [2.45, 2.75) is 25.7 Å². The highest BCUT2D eigenvalue weighted by Crippen LogP contribution is 2.55. The molecule has 3 aromatic rings. The Labute approximate surface area is 193 Å². The molecule has 4 rings (SSSR count). The van der Waals surface area contributed by atoms with Crippen LogP contribution in [0.5, 0.6) is 0 Å². The topological polar surface area (TPSA) is 32.3 Å². The number of amides is 1. The van der Waals surface area contributed by atoms with Gasteiger partial charge in [0, 0.05) is 32.6 Å². The van der Waals surface area contributed by atoms with E-state index >= 15 is 0 Å². The smallest absolute Gasteiger partial charge is 0.222 e. The maximum Gasteiger partial charge on any atom is 0.222 e. The molecule has 0 spiro atoms. The lowest BCUT2D eigenvalue weighted by Gasteiger charge is -2.28. The summed E-state index contributed by atoms with van der Waals surface area (Å²) in [6, 6.07) is 33.2. The van der Waals surface area contributed by atoms with E-state index in [-0.39, 0.29) is 0 Å². The van der Waals surface area contributed by atoms with Crippen molar-refractivity contribution in [3.05, 3.63) is 91.0 Å². The Kier molecular flexibility index (Phi) is 8.09. The summed E-state index contributed by atoms with van der Waals surface area (Å²) in [4.78, 5) is 14.5. The van der Waals surface area contributed by atoms with E-state index in [2.05, 4.69) is 96.3 Å². The lowest BCUT2D eigenvalue weighted by molar-refractivity contribution is -0.131. The predicted molar refractivity (Wildman–Crippen MR) is 138 cm³/mol. The number of rotatable bonds is 9. The fraction of sp³-hybridized carbons (Fsp3) is 0.321. The molecule has 166 valence electrons. The molecule has 1 fully saturated rings. The van der Waals surface area contributed by atoms with Gasteiger partial charge in [0.1, 0.15) is 23.2 Å². The van der Waals surface area contributed by atoms with Gasteiger partial charge >= 0.3 is 0 Å². The van der Waals surface area contributed by atoms with Crippen LogP contribution >= 0.6 is 7.26 Å². The Balaban J connectivity index is 1.51. The van der Waals surface area contributed by atoms with E-state index in [0.29, 0.717) is 12.3 Å². The first-order valence-electron chi connectivity index (χ1n) is 11.8. The highest BCUT2D eigenvalue weighted by atomic mass is 31.2. The van der Waals surface area contributed by atoms with E-state index in [1.54, 1.807) is 0 Å². The maximum atomic E-state index is 12.5. The monoisotopic (exact) mass is 445 g/mol. The number of piperazine rings is 1. The minimum Gasteiger partial charge on any atom is -0.340 e. The summed E-state index contributed by atoms with van der Waals surface area (Å²) in [5.74, 6) is 0.321. The van der Waals surface area contributed by atoms with Crippen molar-refractivity contribution in [3.63, 3.8) is 0 Å². The fourth-order valence-electron chi connectivity index (χ4n) is 4.76. The van der Waals surface area contributed by atoms with E-state index in [9.17, 15) is 4.79 Å². The van der Waals surface area contributed by atoms with E-state index in [1.165, 1.54) is 15.9 Å². The average Bonchev–Trinajstić information content (AvgIpc) is 2.88. The minimum absolute atomic E-state index is 0.321. The molecule has 0 aromatic heterocycles. The second kappa shape index (κ2) is 11.4. The van der Waals surface area contributed by atoms with Gasteiger partial charge in [-0.1, -0.05) is 54.6 Å². The predicted octanol–water partition coefficient (Wildman–Crippen LogP) is 3.97. The molecule has 1 saturated heterocycles. The standard InChI is InChI=1S/C28H34N2OP/c31-28(30-22-20-29-21-23-30)19-11-4-12-24-32(25-13-5-1-6-14-25,26-15-7-2-8-16-26)27-17-9-3-10-18-27/h1-3,5-10,13-18,29H,4,11-12,19-24H2/q+1. The van der Waals surface area contributed by atoms with Crippen LogP contribution in [0.15, 0.2) is 91.0 Å². The van der Waals surface area contributed by atoms with Gasteiger partial charge in [0.2, 0.25) is 5.91 Å². The van der Waals surface area contributed by atoms with Crippen LogP contribution in [0.3, 0.4) is 0 Å². The molecular weight excluding hydrogens is 411 g/mol. The number of carbonyl (C=O) groups is 1. The number of carbonyl (C=O) groups excluding carboxylic acids is 1. The molecule has 32 heavy (non-hydrogen) atoms. The number of benzene rings is 3. The molecule has 0 atom stereocenters. The second-order valence-corrected chi connectivity index (χ2v) is 12.1. The first kappa shape index (κ1) is 22.7. The summed E-state index contributed by atoms with van der Waals surface area (Å²) in [6.45, 7) is 3.54. The Morgan fingerprint density at radius 2 is 1.16 bits per heavy atom. The number of unbranched alkanes of at least 4 members (excludes halogenated alkanes) is 2. The van der Waals surface area contributed by atoms with Gasteiger partial charge in [-0.15, -0.1) is 0 Å². The van der Waals surface area contributed by atoms with Crippen LogP contribution < -0.4 is 21.2 Å². The van der Waals surface area contributed by atoms with E-state index in [0.717, 1.165) is 51.6 Å². The summed E-state index contributed by atoms with van der Waals surface area (Å²) in [7, 11) is -1.75. The molecule has 1 heterocycles. The number of nitrogens with one attached hydrogen (secondary N) is 1. The fourth-order valence-corrected chi connectivity index (χ4v) is 9.17. The zero-order chi connectivity index (χ0) is 22.1. The molecule has 1 aliphatic heterocycles. The van der Waals surface area contributed by atoms with Crippen LogP contribution in [0.2, 0.25) is 0 Å². The Morgan fingerprint density at radius 1 is 0.688 bits per heavy atom. The Hall–Kier alpha value is -2.48. The molecule has 1 N–H and O–H groups in total. The van der Waals surface area contributed by atoms with Gasteiger partial charge in [-0.2, -0.15) is 0 Å². The number of hydrogen-bond acceptors (Lipinski definition) is 2. The highest BCUT2D eigenvalue weighted by Gasteiger charge is 2.44. The van der Waals surface area contributed by atoms with E-state index in [1.807, 2.05) is 4.90 Å². The van der Waals surface area contributed by atoms with Crippen LogP contribution in [-0.4, -0.2) is 43.1 Å². The van der Waals surface area contributed by atoms with Crippen LogP contribution in [0, 0.1) is 0 Å². The van der Waals surface area contributed by atoms with Crippen molar-refractivity contribution in [2.24, 2.45) is 0 Å². The van der Waals surface area contributed by atoms with E-state index in [4.69, 9.17) is 0 Å². The Morgan fingerprint density at radius 3 is 1.62 bits per heavy atom. The molecule has 0 aliphatic carbocycles. The average molecular weight is 446 g/mol. The molecule has 0 bridgehead atoms. The van der Waals surface area contributed by atoms with Gasteiger partial charge < -0.3 is 10.2 Å². The summed E-state index contributed by atoms with van der Waals surface area (Å²) in [5, 5.41) is 7.64. The molecule has 4 heteroatoms. The third kappa shape index (κ3) is 5.28. The van der Waals surface area contributed by atoms with Crippen LogP contribution in [-0.2, 0) is 4.79 Å². The van der Waals surface area contributed by atoms with Crippen LogP contribution in [0.1, 0.15) is 25.7 Å². The second-order valence-electron chi connectivity index (χ2n) is 8.48. The van der Waals surface area contributed by atoms with Crippen molar-refractivity contribution < 1.29 is 4.79 Å². The van der Waals surface area contributed by atoms with Crippen molar-refractivity contribution in [1.29, 1.82) is 0 Å². The molecular formula is C28H34N2OP+. The molecule has 3 aromatic carbocycles. The van der Waals surface area contributed by atoms with Crippen molar-refractivity contribution in [3.8, 4) is 0 Å². The summed E-state index contributed by atoms with van der Waals surface area (Å²) < 4.78 is 0. The zero-order valence-corrected chi connectivity index (χ0v) is 19.7. The third-order valence-electron chi connectivity index (χ3n) is 6.44. The SMILES string of the molecule is O=C(CCCCC[P+](c1ccccc1)(c1ccccc1)c1ccccc1)N1CCNCC1. The van der Waals surface area contributed by atoms with Gasteiger partial charge in [-0.3, -0.25) is 4.79 Å². The molecule has 1 aliphatic rings. The van der Waals surface area contributed by atoms with Crippen LogP contribution in [0.25, 0.3) is 0 Å². The quantitative estimate of drug-likeness (QED) is 0.399. The first-order chi connectivity index (χ1) is 15.8.